The highest BCUT2D eigenvalue weighted by atomic mass is 79.9. The van der Waals surface area contributed by atoms with Gasteiger partial charge in [0.2, 0.25) is 0 Å². The molecule has 0 aromatic carbocycles. The van der Waals surface area contributed by atoms with Crippen LogP contribution in [0.4, 0.5) is 0 Å². The molecule has 0 radical (unpaired) electrons. The number of halogens is 2. The first-order valence-electron chi connectivity index (χ1n) is 6.16. The van der Waals surface area contributed by atoms with E-state index in [1.807, 2.05) is 0 Å². The van der Waals surface area contributed by atoms with Gasteiger partial charge in [-0.15, -0.1) is 11.3 Å². The van der Waals surface area contributed by atoms with E-state index in [1.165, 1.54) is 17.1 Å². The maximum Gasteiger partial charge on any atom is 0.107 e. The molecule has 2 atom stereocenters. The van der Waals surface area contributed by atoms with E-state index in [9.17, 15) is 0 Å². The van der Waals surface area contributed by atoms with E-state index in [-0.39, 0.29) is 0 Å². The lowest BCUT2D eigenvalue weighted by molar-refractivity contribution is 0.210. The fraction of sp³-hybridized carbons (Fsp3) is 0.667. The standard InChI is InChI=1S/C12H18BrClN2S2/c1-2-8-7-16(3-4-17-8)10(6-15)11-5-9(13)12(14)18-11/h5,8,10H,2-4,6-7,15H2,1H3. The molecule has 2 unspecified atom stereocenters. The molecular weight excluding hydrogens is 352 g/mol. The van der Waals surface area contributed by atoms with Crippen LogP contribution in [0.25, 0.3) is 0 Å². The molecule has 0 amide bonds. The molecule has 0 spiro atoms. The highest BCUT2D eigenvalue weighted by Crippen LogP contribution is 2.38. The largest absolute Gasteiger partial charge is 0.329 e. The van der Waals surface area contributed by atoms with Crippen LogP contribution < -0.4 is 5.73 Å². The third-order valence-electron chi connectivity index (χ3n) is 3.28. The van der Waals surface area contributed by atoms with E-state index in [2.05, 4.69) is 45.6 Å². The predicted octanol–water partition coefficient (Wildman–Crippen LogP) is 3.99. The Hall–Kier alpha value is 0.740. The summed E-state index contributed by atoms with van der Waals surface area (Å²) in [6.45, 7) is 5.17. The fourth-order valence-electron chi connectivity index (χ4n) is 2.24. The molecule has 2 nitrogen and oxygen atoms in total. The van der Waals surface area contributed by atoms with Crippen molar-refractivity contribution in [2.75, 3.05) is 25.4 Å². The van der Waals surface area contributed by atoms with Crippen molar-refractivity contribution < 1.29 is 0 Å². The maximum absolute atomic E-state index is 6.13. The van der Waals surface area contributed by atoms with Crippen LogP contribution in [-0.2, 0) is 0 Å². The minimum atomic E-state index is 0.314. The average Bonchev–Trinajstić information content (AvgIpc) is 2.70. The second kappa shape index (κ2) is 6.95. The summed E-state index contributed by atoms with van der Waals surface area (Å²) in [5, 5.41) is 0.742. The second-order valence-electron chi connectivity index (χ2n) is 4.42. The van der Waals surface area contributed by atoms with Gasteiger partial charge in [-0.1, -0.05) is 18.5 Å². The van der Waals surface area contributed by atoms with Crippen molar-refractivity contribution >= 4 is 50.6 Å². The Balaban J connectivity index is 2.12. The Kier molecular flexibility index (Phi) is 5.85. The van der Waals surface area contributed by atoms with Gasteiger partial charge in [0.05, 0.1) is 6.04 Å². The van der Waals surface area contributed by atoms with Crippen LogP contribution in [0.3, 0.4) is 0 Å². The summed E-state index contributed by atoms with van der Waals surface area (Å²) in [6.07, 6.45) is 1.23. The van der Waals surface area contributed by atoms with Crippen LogP contribution >= 0.6 is 50.6 Å². The minimum absolute atomic E-state index is 0.314. The highest BCUT2D eigenvalue weighted by Gasteiger charge is 2.27. The highest BCUT2D eigenvalue weighted by molar-refractivity contribution is 9.10. The summed E-state index contributed by atoms with van der Waals surface area (Å²) in [4.78, 5) is 3.79. The van der Waals surface area contributed by atoms with Gasteiger partial charge in [0.1, 0.15) is 4.34 Å². The van der Waals surface area contributed by atoms with E-state index in [0.717, 1.165) is 27.1 Å². The Morgan fingerprint density at radius 3 is 3.00 bits per heavy atom. The summed E-state index contributed by atoms with van der Waals surface area (Å²) in [5.74, 6) is 1.20. The van der Waals surface area contributed by atoms with Gasteiger partial charge >= 0.3 is 0 Å². The van der Waals surface area contributed by atoms with Crippen molar-refractivity contribution in [3.63, 3.8) is 0 Å². The molecule has 2 N–H and O–H groups in total. The first-order chi connectivity index (χ1) is 8.65. The Morgan fingerprint density at radius 1 is 1.67 bits per heavy atom. The van der Waals surface area contributed by atoms with Gasteiger partial charge in [0.15, 0.2) is 0 Å². The molecule has 1 aromatic rings. The number of hydrogen-bond donors (Lipinski definition) is 1. The number of thiophene rings is 1. The summed E-state index contributed by atoms with van der Waals surface area (Å²) in [5.41, 5.74) is 5.98. The quantitative estimate of drug-likeness (QED) is 0.870. The van der Waals surface area contributed by atoms with E-state index in [4.69, 9.17) is 17.3 Å². The van der Waals surface area contributed by atoms with Gasteiger partial charge in [0, 0.05) is 40.0 Å². The van der Waals surface area contributed by atoms with Gasteiger partial charge in [-0.2, -0.15) is 11.8 Å². The van der Waals surface area contributed by atoms with Crippen molar-refractivity contribution in [2.24, 2.45) is 5.73 Å². The van der Waals surface area contributed by atoms with Crippen LogP contribution in [0.5, 0.6) is 0 Å². The molecule has 2 rings (SSSR count). The summed E-state index contributed by atoms with van der Waals surface area (Å²) >= 11 is 13.3. The van der Waals surface area contributed by atoms with E-state index in [1.54, 1.807) is 11.3 Å². The maximum atomic E-state index is 6.13. The number of rotatable bonds is 4. The van der Waals surface area contributed by atoms with Gasteiger partial charge < -0.3 is 5.73 Å². The third kappa shape index (κ3) is 3.44. The Morgan fingerprint density at radius 2 is 2.44 bits per heavy atom. The molecule has 102 valence electrons. The summed E-state index contributed by atoms with van der Waals surface area (Å²) < 4.78 is 1.81. The molecule has 0 aliphatic carbocycles. The molecule has 1 saturated heterocycles. The van der Waals surface area contributed by atoms with Crippen LogP contribution in [-0.4, -0.2) is 35.5 Å². The number of nitrogens with two attached hydrogens (primary N) is 1. The molecule has 1 aliphatic heterocycles. The van der Waals surface area contributed by atoms with Gasteiger partial charge in [-0.05, 0) is 28.4 Å². The number of hydrogen-bond acceptors (Lipinski definition) is 4. The molecule has 2 heterocycles. The summed E-state index contributed by atoms with van der Waals surface area (Å²) in [7, 11) is 0. The van der Waals surface area contributed by atoms with E-state index >= 15 is 0 Å². The lowest BCUT2D eigenvalue weighted by Crippen LogP contribution is -2.42. The molecular formula is C12H18BrClN2S2. The Bertz CT molecular complexity index is 380. The number of thioether (sulfide) groups is 1. The summed E-state index contributed by atoms with van der Waals surface area (Å²) in [6, 6.07) is 2.43. The van der Waals surface area contributed by atoms with Crippen molar-refractivity contribution in [1.29, 1.82) is 0 Å². The van der Waals surface area contributed by atoms with Gasteiger partial charge in [-0.3, -0.25) is 4.90 Å². The first-order valence-corrected chi connectivity index (χ1v) is 9.19. The molecule has 0 saturated carbocycles. The zero-order valence-electron chi connectivity index (χ0n) is 10.4. The predicted molar refractivity (Wildman–Crippen MR) is 86.9 cm³/mol. The van der Waals surface area contributed by atoms with E-state index in [0.29, 0.717) is 12.6 Å². The van der Waals surface area contributed by atoms with Crippen molar-refractivity contribution in [3.8, 4) is 0 Å². The van der Waals surface area contributed by atoms with Crippen LogP contribution in [0.2, 0.25) is 4.34 Å². The molecule has 1 aromatic heterocycles. The molecule has 1 fully saturated rings. The number of nitrogens with zero attached hydrogens (tertiary/aromatic N) is 1. The van der Waals surface area contributed by atoms with Crippen molar-refractivity contribution in [2.45, 2.75) is 24.6 Å². The third-order valence-corrected chi connectivity index (χ3v) is 7.23. The van der Waals surface area contributed by atoms with Crippen LogP contribution in [0, 0.1) is 0 Å². The monoisotopic (exact) mass is 368 g/mol. The van der Waals surface area contributed by atoms with Gasteiger partial charge in [-0.25, -0.2) is 0 Å². The van der Waals surface area contributed by atoms with Crippen molar-refractivity contribution in [3.05, 3.63) is 19.8 Å². The lowest BCUT2D eigenvalue weighted by atomic mass is 10.1. The fourth-order valence-corrected chi connectivity index (χ4v) is 5.33. The molecule has 6 heteroatoms. The molecule has 18 heavy (non-hydrogen) atoms. The van der Waals surface area contributed by atoms with Crippen LogP contribution in [0.15, 0.2) is 10.5 Å². The molecule has 0 bridgehead atoms. The normalized spacial score (nSPS) is 23.2. The lowest BCUT2D eigenvalue weighted by Gasteiger charge is -2.36. The zero-order chi connectivity index (χ0) is 13.1. The van der Waals surface area contributed by atoms with Crippen molar-refractivity contribution in [1.82, 2.24) is 4.90 Å². The zero-order valence-corrected chi connectivity index (χ0v) is 14.3. The smallest absolute Gasteiger partial charge is 0.107 e. The van der Waals surface area contributed by atoms with Gasteiger partial charge in [0.25, 0.3) is 0 Å². The molecule has 1 aliphatic rings. The van der Waals surface area contributed by atoms with Crippen LogP contribution in [0.1, 0.15) is 24.3 Å². The average molecular weight is 370 g/mol. The minimum Gasteiger partial charge on any atom is -0.329 e. The van der Waals surface area contributed by atoms with E-state index < -0.39 is 0 Å². The topological polar surface area (TPSA) is 29.3 Å². The SMILES string of the molecule is CCC1CN(C(CN)c2cc(Br)c(Cl)s2)CCS1. The second-order valence-corrected chi connectivity index (χ2v) is 8.37. The first kappa shape index (κ1) is 15.1. The Labute approximate surface area is 130 Å².